The Morgan fingerprint density at radius 2 is 2.33 bits per heavy atom. The van der Waals surface area contributed by atoms with Gasteiger partial charge in [0.1, 0.15) is 6.17 Å². The molecule has 1 saturated heterocycles. The molecule has 1 aliphatic heterocycles. The predicted molar refractivity (Wildman–Crippen MR) is 65.5 cm³/mol. The third-order valence-corrected chi connectivity index (χ3v) is 3.08. The van der Waals surface area contributed by atoms with Crippen molar-refractivity contribution in [2.24, 2.45) is 0 Å². The maximum atomic E-state index is 13.9. The molecule has 0 radical (unpaired) electrons. The van der Waals surface area contributed by atoms with Gasteiger partial charge in [0.15, 0.2) is 5.82 Å². The molecule has 0 N–H and O–H groups in total. The lowest BCUT2D eigenvalue weighted by Gasteiger charge is -2.33. The number of anilines is 1. The minimum atomic E-state index is -1.01. The van der Waals surface area contributed by atoms with Gasteiger partial charge >= 0.3 is 6.01 Å². The summed E-state index contributed by atoms with van der Waals surface area (Å²) in [5.41, 5.74) is 0. The first-order chi connectivity index (χ1) is 8.61. The summed E-state index contributed by atoms with van der Waals surface area (Å²) in [6, 6.07) is 0.413. The number of nitrogens with zero attached hydrogens (tertiary/aromatic N) is 3. The van der Waals surface area contributed by atoms with Gasteiger partial charge in [-0.3, -0.25) is 0 Å². The zero-order valence-corrected chi connectivity index (χ0v) is 11.1. The topological polar surface area (TPSA) is 51.4 Å². The van der Waals surface area contributed by atoms with E-state index in [-0.39, 0.29) is 18.6 Å². The van der Waals surface area contributed by atoms with Crippen LogP contribution in [-0.2, 0) is 4.74 Å². The van der Waals surface area contributed by atoms with Crippen molar-refractivity contribution >= 4 is 6.01 Å². The van der Waals surface area contributed by atoms with Crippen LogP contribution in [0.3, 0.4) is 0 Å². The maximum absolute atomic E-state index is 13.9. The van der Waals surface area contributed by atoms with Gasteiger partial charge in [0.2, 0.25) is 0 Å². The largest absolute Gasteiger partial charge is 0.375 e. The highest BCUT2D eigenvalue weighted by Gasteiger charge is 2.32. The Hall–Kier alpha value is -1.17. The van der Waals surface area contributed by atoms with E-state index in [0.717, 1.165) is 0 Å². The minimum absolute atomic E-state index is 0.213. The average Bonchev–Trinajstić information content (AvgIpc) is 2.81. The Labute approximate surface area is 106 Å². The van der Waals surface area contributed by atoms with Gasteiger partial charge in [-0.05, 0) is 13.3 Å². The smallest absolute Gasteiger partial charge is 0.324 e. The quantitative estimate of drug-likeness (QED) is 0.827. The summed E-state index contributed by atoms with van der Waals surface area (Å²) >= 11 is 0. The maximum Gasteiger partial charge on any atom is 0.324 e. The molecule has 0 amide bonds. The number of halogens is 1. The normalized spacial score (nSPS) is 24.8. The van der Waals surface area contributed by atoms with Crippen LogP contribution in [0.15, 0.2) is 4.52 Å². The fourth-order valence-corrected chi connectivity index (χ4v) is 2.05. The second kappa shape index (κ2) is 5.65. The van der Waals surface area contributed by atoms with Crippen molar-refractivity contribution in [3.05, 3.63) is 5.82 Å². The van der Waals surface area contributed by atoms with E-state index in [1.165, 1.54) is 0 Å². The molecule has 102 valence electrons. The standard InChI is InChI=1S/C12H20FN3O2/c1-4-17-10-5-6-16(7-9(10)13)12-14-11(8(2)3)15-18-12/h8-10H,4-7H2,1-3H3. The van der Waals surface area contributed by atoms with Gasteiger partial charge in [0.25, 0.3) is 0 Å². The molecule has 0 spiro atoms. The Morgan fingerprint density at radius 3 is 2.89 bits per heavy atom. The zero-order valence-electron chi connectivity index (χ0n) is 11.1. The van der Waals surface area contributed by atoms with Gasteiger partial charge < -0.3 is 14.2 Å². The van der Waals surface area contributed by atoms with E-state index in [1.54, 1.807) is 4.90 Å². The molecule has 1 aromatic rings. The molecule has 1 aliphatic rings. The Kier molecular flexibility index (Phi) is 4.16. The van der Waals surface area contributed by atoms with E-state index in [0.29, 0.717) is 31.4 Å². The second-order valence-electron chi connectivity index (χ2n) is 4.83. The molecule has 6 heteroatoms. The van der Waals surface area contributed by atoms with Crippen molar-refractivity contribution in [3.63, 3.8) is 0 Å². The van der Waals surface area contributed by atoms with Crippen LogP contribution in [0.25, 0.3) is 0 Å². The molecule has 0 bridgehead atoms. The monoisotopic (exact) mass is 257 g/mol. The lowest BCUT2D eigenvalue weighted by molar-refractivity contribution is -0.00723. The first-order valence-corrected chi connectivity index (χ1v) is 6.46. The van der Waals surface area contributed by atoms with E-state index in [2.05, 4.69) is 10.1 Å². The molecule has 2 rings (SSSR count). The van der Waals surface area contributed by atoms with Crippen LogP contribution in [0.1, 0.15) is 38.9 Å². The summed E-state index contributed by atoms with van der Waals surface area (Å²) in [6.07, 6.45) is -0.666. The molecule has 0 aliphatic carbocycles. The molecular formula is C12H20FN3O2. The van der Waals surface area contributed by atoms with Crippen LogP contribution in [0, 0.1) is 0 Å². The van der Waals surface area contributed by atoms with Gasteiger partial charge in [0.05, 0.1) is 12.6 Å². The summed E-state index contributed by atoms with van der Waals surface area (Å²) in [6.45, 7) is 7.35. The van der Waals surface area contributed by atoms with Gasteiger partial charge in [0, 0.05) is 19.1 Å². The number of piperidine rings is 1. The summed E-state index contributed by atoms with van der Waals surface area (Å²) in [5, 5.41) is 3.89. The van der Waals surface area contributed by atoms with Crippen molar-refractivity contribution in [1.29, 1.82) is 0 Å². The van der Waals surface area contributed by atoms with Crippen molar-refractivity contribution in [2.45, 2.75) is 45.4 Å². The van der Waals surface area contributed by atoms with Crippen molar-refractivity contribution in [2.75, 3.05) is 24.6 Å². The highest BCUT2D eigenvalue weighted by Crippen LogP contribution is 2.23. The SMILES string of the molecule is CCOC1CCN(c2nc(C(C)C)no2)CC1F. The van der Waals surface area contributed by atoms with Crippen molar-refractivity contribution < 1.29 is 13.7 Å². The van der Waals surface area contributed by atoms with Crippen molar-refractivity contribution in [3.8, 4) is 0 Å². The average molecular weight is 257 g/mol. The van der Waals surface area contributed by atoms with Crippen LogP contribution in [-0.4, -0.2) is 42.1 Å². The van der Waals surface area contributed by atoms with E-state index >= 15 is 0 Å². The highest BCUT2D eigenvalue weighted by atomic mass is 19.1. The summed E-state index contributed by atoms with van der Waals surface area (Å²) in [7, 11) is 0. The lowest BCUT2D eigenvalue weighted by Crippen LogP contribution is -2.46. The number of alkyl halides is 1. The number of rotatable bonds is 4. The molecule has 2 atom stereocenters. The fraction of sp³-hybridized carbons (Fsp3) is 0.833. The van der Waals surface area contributed by atoms with E-state index < -0.39 is 6.17 Å². The van der Waals surface area contributed by atoms with Crippen LogP contribution in [0.2, 0.25) is 0 Å². The molecule has 18 heavy (non-hydrogen) atoms. The molecular weight excluding hydrogens is 237 g/mol. The Balaban J connectivity index is 1.98. The Bertz CT molecular complexity index is 383. The number of hydrogen-bond donors (Lipinski definition) is 0. The van der Waals surface area contributed by atoms with Crippen LogP contribution >= 0.6 is 0 Å². The zero-order chi connectivity index (χ0) is 13.1. The third kappa shape index (κ3) is 2.80. The van der Waals surface area contributed by atoms with Crippen LogP contribution in [0.4, 0.5) is 10.4 Å². The van der Waals surface area contributed by atoms with Gasteiger partial charge in [-0.1, -0.05) is 19.0 Å². The molecule has 1 fully saturated rings. The molecule has 0 aromatic carbocycles. The van der Waals surface area contributed by atoms with Gasteiger partial charge in [-0.15, -0.1) is 0 Å². The fourth-order valence-electron chi connectivity index (χ4n) is 2.05. The van der Waals surface area contributed by atoms with E-state index in [9.17, 15) is 4.39 Å². The summed E-state index contributed by atoms with van der Waals surface area (Å²) < 4.78 is 24.4. The number of aromatic nitrogens is 2. The van der Waals surface area contributed by atoms with Gasteiger partial charge in [-0.2, -0.15) is 4.98 Å². The minimum Gasteiger partial charge on any atom is -0.375 e. The third-order valence-electron chi connectivity index (χ3n) is 3.08. The summed E-state index contributed by atoms with van der Waals surface area (Å²) in [4.78, 5) is 6.07. The second-order valence-corrected chi connectivity index (χ2v) is 4.83. The number of hydrogen-bond acceptors (Lipinski definition) is 5. The molecule has 1 aromatic heterocycles. The van der Waals surface area contributed by atoms with Crippen LogP contribution in [0.5, 0.6) is 0 Å². The summed E-state index contributed by atoms with van der Waals surface area (Å²) in [5.74, 6) is 0.872. The van der Waals surface area contributed by atoms with Gasteiger partial charge in [-0.25, -0.2) is 4.39 Å². The number of ether oxygens (including phenoxy) is 1. The first kappa shape index (κ1) is 13.3. The molecule has 0 saturated carbocycles. The molecule has 2 unspecified atom stereocenters. The molecule has 5 nitrogen and oxygen atoms in total. The van der Waals surface area contributed by atoms with Crippen molar-refractivity contribution in [1.82, 2.24) is 10.1 Å². The van der Waals surface area contributed by atoms with E-state index in [1.807, 2.05) is 20.8 Å². The lowest BCUT2D eigenvalue weighted by atomic mass is 10.1. The Morgan fingerprint density at radius 1 is 1.56 bits per heavy atom. The molecule has 2 heterocycles. The first-order valence-electron chi connectivity index (χ1n) is 6.46. The highest BCUT2D eigenvalue weighted by molar-refractivity contribution is 5.27. The van der Waals surface area contributed by atoms with Crippen LogP contribution < -0.4 is 4.90 Å². The predicted octanol–water partition coefficient (Wildman–Crippen LogP) is 2.15. The van der Waals surface area contributed by atoms with E-state index in [4.69, 9.17) is 9.26 Å².